The minimum atomic E-state index is -0.946. The van der Waals surface area contributed by atoms with Gasteiger partial charge in [-0.05, 0) is 44.2 Å². The fraction of sp³-hybridized carbons (Fsp3) is 0.438. The Hall–Kier alpha value is -1.81. The fourth-order valence-corrected chi connectivity index (χ4v) is 1.68. The largest absolute Gasteiger partial charge is 0.492 e. The number of likely N-dealkylation sites (N-methyl/N-ethyl adjacent to an activating group) is 1. The van der Waals surface area contributed by atoms with Gasteiger partial charge in [-0.1, -0.05) is 19.1 Å². The Bertz CT molecular complexity index is 440. The topological polar surface area (TPSA) is 49.8 Å². The number of ether oxygens (including phenoxy) is 1. The highest BCUT2D eigenvalue weighted by molar-refractivity contribution is 5.85. The molecule has 1 atom stereocenters. The normalized spacial score (nSPS) is 12.8. The summed E-state index contributed by atoms with van der Waals surface area (Å²) in [6, 6.07) is 7.94. The first-order valence-electron chi connectivity index (χ1n) is 6.87. The summed E-state index contributed by atoms with van der Waals surface area (Å²) in [4.78, 5) is 12.7. The molecule has 1 N–H and O–H groups in total. The third kappa shape index (κ3) is 5.89. The van der Waals surface area contributed by atoms with E-state index in [-0.39, 0.29) is 0 Å². The first-order chi connectivity index (χ1) is 9.52. The molecule has 1 rings (SSSR count). The van der Waals surface area contributed by atoms with Crippen molar-refractivity contribution in [2.45, 2.75) is 26.3 Å². The van der Waals surface area contributed by atoms with Crippen molar-refractivity contribution in [3.63, 3.8) is 0 Å². The van der Waals surface area contributed by atoms with Crippen LogP contribution in [0.4, 0.5) is 0 Å². The minimum absolute atomic E-state index is 0.558. The average molecular weight is 277 g/mol. The number of nitrogens with zero attached hydrogens (tertiary/aromatic N) is 1. The van der Waals surface area contributed by atoms with Gasteiger partial charge in [-0.25, -0.2) is 4.79 Å². The molecule has 0 spiro atoms. The maximum Gasteiger partial charge on any atom is 0.328 e. The lowest BCUT2D eigenvalue weighted by molar-refractivity contribution is -0.131. The molecule has 0 aliphatic heterocycles. The minimum Gasteiger partial charge on any atom is -0.492 e. The highest BCUT2D eigenvalue weighted by Gasteiger charge is 2.05. The number of hydrogen-bond donors (Lipinski definition) is 1. The number of rotatable bonds is 8. The summed E-state index contributed by atoms with van der Waals surface area (Å²) in [5.41, 5.74) is 0.844. The molecule has 0 aromatic heterocycles. The molecule has 0 aliphatic rings. The van der Waals surface area contributed by atoms with Crippen LogP contribution in [-0.4, -0.2) is 42.2 Å². The second-order valence-electron chi connectivity index (χ2n) is 4.83. The smallest absolute Gasteiger partial charge is 0.328 e. The molecule has 1 aromatic rings. The zero-order valence-corrected chi connectivity index (χ0v) is 12.4. The molecule has 0 fully saturated rings. The van der Waals surface area contributed by atoms with E-state index in [0.29, 0.717) is 12.6 Å². The molecule has 0 saturated carbocycles. The van der Waals surface area contributed by atoms with Crippen LogP contribution in [0.15, 0.2) is 30.3 Å². The Labute approximate surface area is 120 Å². The number of carboxylic acids is 1. The van der Waals surface area contributed by atoms with Gasteiger partial charge in [0.25, 0.3) is 0 Å². The first kappa shape index (κ1) is 16.2. The van der Waals surface area contributed by atoms with E-state index in [1.807, 2.05) is 24.3 Å². The molecule has 0 amide bonds. The number of carboxylic acid groups (broad SMARTS) is 1. The summed E-state index contributed by atoms with van der Waals surface area (Å²) in [7, 11) is 2.09. The molecule has 1 unspecified atom stereocenters. The molecule has 110 valence electrons. The van der Waals surface area contributed by atoms with E-state index in [1.165, 1.54) is 0 Å². The monoisotopic (exact) mass is 277 g/mol. The Morgan fingerprint density at radius 2 is 2.05 bits per heavy atom. The zero-order chi connectivity index (χ0) is 15.0. The predicted molar refractivity (Wildman–Crippen MR) is 81.0 cm³/mol. The van der Waals surface area contributed by atoms with Crippen molar-refractivity contribution in [2.75, 3.05) is 20.2 Å². The molecule has 4 nitrogen and oxygen atoms in total. The highest BCUT2D eigenvalue weighted by atomic mass is 16.5. The van der Waals surface area contributed by atoms with E-state index in [2.05, 4.69) is 25.8 Å². The Kier molecular flexibility index (Phi) is 6.81. The SMILES string of the molecule is CCC(C)N(C)CCOc1ccc(C=CC(=O)O)cc1. The summed E-state index contributed by atoms with van der Waals surface area (Å²) in [5.74, 6) is -0.145. The van der Waals surface area contributed by atoms with Crippen molar-refractivity contribution in [3.8, 4) is 5.75 Å². The Morgan fingerprint density at radius 1 is 1.40 bits per heavy atom. The van der Waals surface area contributed by atoms with Gasteiger partial charge in [-0.3, -0.25) is 0 Å². The maximum atomic E-state index is 10.4. The van der Waals surface area contributed by atoms with Crippen molar-refractivity contribution in [3.05, 3.63) is 35.9 Å². The van der Waals surface area contributed by atoms with Gasteiger partial charge in [-0.15, -0.1) is 0 Å². The fourth-order valence-electron chi connectivity index (χ4n) is 1.68. The third-order valence-corrected chi connectivity index (χ3v) is 3.35. The lowest BCUT2D eigenvalue weighted by atomic mass is 10.2. The molecular weight excluding hydrogens is 254 g/mol. The second-order valence-corrected chi connectivity index (χ2v) is 4.83. The summed E-state index contributed by atoms with van der Waals surface area (Å²) in [6.45, 7) is 5.90. The lowest BCUT2D eigenvalue weighted by Gasteiger charge is -2.23. The summed E-state index contributed by atoms with van der Waals surface area (Å²) >= 11 is 0. The molecule has 0 heterocycles. The van der Waals surface area contributed by atoms with Gasteiger partial charge >= 0.3 is 5.97 Å². The van der Waals surface area contributed by atoms with Gasteiger partial charge in [0, 0.05) is 18.7 Å². The molecule has 1 aromatic carbocycles. The Balaban J connectivity index is 2.40. The van der Waals surface area contributed by atoms with Crippen molar-refractivity contribution >= 4 is 12.0 Å². The molecular formula is C16H23NO3. The van der Waals surface area contributed by atoms with Gasteiger partial charge in [0.1, 0.15) is 12.4 Å². The van der Waals surface area contributed by atoms with Crippen LogP contribution in [-0.2, 0) is 4.79 Å². The molecule has 0 bridgehead atoms. The molecule has 0 aliphatic carbocycles. The molecule has 0 radical (unpaired) electrons. The number of carbonyl (C=O) groups is 1. The van der Waals surface area contributed by atoms with Gasteiger partial charge in [0.15, 0.2) is 0 Å². The third-order valence-electron chi connectivity index (χ3n) is 3.35. The van der Waals surface area contributed by atoms with E-state index >= 15 is 0 Å². The molecule has 0 saturated heterocycles. The second kappa shape index (κ2) is 8.38. The van der Waals surface area contributed by atoms with Gasteiger partial charge in [0.2, 0.25) is 0 Å². The van der Waals surface area contributed by atoms with Gasteiger partial charge < -0.3 is 14.7 Å². The van der Waals surface area contributed by atoms with Crippen LogP contribution in [0.25, 0.3) is 6.08 Å². The zero-order valence-electron chi connectivity index (χ0n) is 12.4. The highest BCUT2D eigenvalue weighted by Crippen LogP contribution is 2.13. The average Bonchev–Trinajstić information content (AvgIpc) is 2.45. The van der Waals surface area contributed by atoms with Crippen molar-refractivity contribution < 1.29 is 14.6 Å². The molecule has 20 heavy (non-hydrogen) atoms. The van der Waals surface area contributed by atoms with Crippen molar-refractivity contribution in [2.24, 2.45) is 0 Å². The maximum absolute atomic E-state index is 10.4. The van der Waals surface area contributed by atoms with E-state index in [0.717, 1.165) is 30.4 Å². The molecule has 4 heteroatoms. The summed E-state index contributed by atoms with van der Waals surface area (Å²) in [5, 5.41) is 8.55. The quantitative estimate of drug-likeness (QED) is 0.742. The number of hydrogen-bond acceptors (Lipinski definition) is 3. The number of benzene rings is 1. The van der Waals surface area contributed by atoms with Gasteiger partial charge in [0.05, 0.1) is 0 Å². The van der Waals surface area contributed by atoms with E-state index in [4.69, 9.17) is 9.84 Å². The van der Waals surface area contributed by atoms with E-state index in [1.54, 1.807) is 6.08 Å². The van der Waals surface area contributed by atoms with E-state index < -0.39 is 5.97 Å². The number of aliphatic carboxylic acids is 1. The van der Waals surface area contributed by atoms with Crippen LogP contribution in [0.2, 0.25) is 0 Å². The van der Waals surface area contributed by atoms with Crippen LogP contribution in [0, 0.1) is 0 Å². The predicted octanol–water partition coefficient (Wildman–Crippen LogP) is 2.89. The summed E-state index contributed by atoms with van der Waals surface area (Å²) < 4.78 is 5.67. The van der Waals surface area contributed by atoms with Crippen LogP contribution in [0.1, 0.15) is 25.8 Å². The van der Waals surface area contributed by atoms with Crippen LogP contribution in [0.5, 0.6) is 5.75 Å². The van der Waals surface area contributed by atoms with Crippen LogP contribution < -0.4 is 4.74 Å². The first-order valence-corrected chi connectivity index (χ1v) is 6.87. The summed E-state index contributed by atoms with van der Waals surface area (Å²) in [6.07, 6.45) is 3.81. The standard InChI is InChI=1S/C16H23NO3/c1-4-13(2)17(3)11-12-20-15-8-5-14(6-9-15)7-10-16(18)19/h5-10,13H,4,11-12H2,1-3H3,(H,18,19). The van der Waals surface area contributed by atoms with Crippen molar-refractivity contribution in [1.29, 1.82) is 0 Å². The lowest BCUT2D eigenvalue weighted by Crippen LogP contribution is -2.32. The van der Waals surface area contributed by atoms with Crippen molar-refractivity contribution in [1.82, 2.24) is 4.90 Å². The van der Waals surface area contributed by atoms with Crippen LogP contribution in [0.3, 0.4) is 0 Å². The van der Waals surface area contributed by atoms with Gasteiger partial charge in [-0.2, -0.15) is 0 Å². The van der Waals surface area contributed by atoms with E-state index in [9.17, 15) is 4.79 Å². The Morgan fingerprint density at radius 3 is 2.60 bits per heavy atom. The van der Waals surface area contributed by atoms with Crippen LogP contribution >= 0.6 is 0 Å².